The molecule has 0 aliphatic carbocycles. The number of rotatable bonds is 6. The number of piperazine rings is 1. The molecule has 0 unspecified atom stereocenters. The van der Waals surface area contributed by atoms with Crippen LogP contribution in [0.2, 0.25) is 5.02 Å². The largest absolute Gasteiger partial charge is 0.496 e. The number of amides is 1. The number of nitrogens with one attached hydrogen (secondary N) is 1. The molecule has 1 N–H and O–H groups in total. The quantitative estimate of drug-likeness (QED) is 0.336. The second-order valence-electron chi connectivity index (χ2n) is 7.48. The summed E-state index contributed by atoms with van der Waals surface area (Å²) in [6, 6.07) is 5.63. The number of hydrogen-bond acceptors (Lipinski definition) is 4. The molecule has 1 aromatic carbocycles. The molecule has 30 heavy (non-hydrogen) atoms. The summed E-state index contributed by atoms with van der Waals surface area (Å²) in [4.78, 5) is 23.7. The van der Waals surface area contributed by atoms with Gasteiger partial charge in [-0.3, -0.25) is 9.69 Å². The van der Waals surface area contributed by atoms with Gasteiger partial charge in [-0.2, -0.15) is 0 Å². The van der Waals surface area contributed by atoms with Crippen LogP contribution < -0.4 is 10.1 Å². The Morgan fingerprint density at radius 1 is 1.13 bits per heavy atom. The first kappa shape index (κ1) is 25.0. The number of benzene rings is 1. The molecule has 2 heterocycles. The summed E-state index contributed by atoms with van der Waals surface area (Å²) in [7, 11) is 1.65. The summed E-state index contributed by atoms with van der Waals surface area (Å²) in [6.45, 7) is 9.23. The molecule has 2 aliphatic rings. The predicted molar refractivity (Wildman–Crippen MR) is 132 cm³/mol. The first-order valence-electron chi connectivity index (χ1n) is 10.5. The van der Waals surface area contributed by atoms with E-state index in [2.05, 4.69) is 22.0 Å². The molecule has 0 saturated carbocycles. The van der Waals surface area contributed by atoms with Gasteiger partial charge in [-0.1, -0.05) is 17.7 Å². The highest BCUT2D eigenvalue weighted by Crippen LogP contribution is 2.23. The van der Waals surface area contributed by atoms with Crippen LogP contribution in [-0.4, -0.2) is 86.0 Å². The molecule has 9 heteroatoms. The Morgan fingerprint density at radius 3 is 2.47 bits per heavy atom. The van der Waals surface area contributed by atoms with Gasteiger partial charge in [0.25, 0.3) is 0 Å². The van der Waals surface area contributed by atoms with E-state index in [1.54, 1.807) is 7.11 Å². The van der Waals surface area contributed by atoms with Crippen LogP contribution in [0.4, 0.5) is 0 Å². The number of likely N-dealkylation sites (tertiary alicyclic amines) is 1. The number of carbonyl (C=O) groups is 1. The Bertz CT molecular complexity index is 719. The van der Waals surface area contributed by atoms with E-state index in [9.17, 15) is 4.79 Å². The molecule has 2 aliphatic heterocycles. The Morgan fingerprint density at radius 2 is 1.83 bits per heavy atom. The van der Waals surface area contributed by atoms with Crippen LogP contribution in [0.25, 0.3) is 0 Å². The van der Waals surface area contributed by atoms with Gasteiger partial charge < -0.3 is 19.9 Å². The maximum Gasteiger partial charge on any atom is 0.236 e. The lowest BCUT2D eigenvalue weighted by Gasteiger charge is -2.36. The lowest BCUT2D eigenvalue weighted by atomic mass is 10.2. The van der Waals surface area contributed by atoms with Crippen molar-refractivity contribution >= 4 is 47.4 Å². The van der Waals surface area contributed by atoms with E-state index in [1.165, 1.54) is 0 Å². The van der Waals surface area contributed by atoms with Crippen LogP contribution in [-0.2, 0) is 11.3 Å². The fourth-order valence-electron chi connectivity index (χ4n) is 3.81. The molecule has 3 rings (SSSR count). The zero-order valence-electron chi connectivity index (χ0n) is 17.9. The monoisotopic (exact) mass is 549 g/mol. The molecule has 1 aromatic rings. The highest BCUT2D eigenvalue weighted by Gasteiger charge is 2.24. The predicted octanol–water partition coefficient (Wildman–Crippen LogP) is 2.67. The average Bonchev–Trinajstić information content (AvgIpc) is 3.27. The molecular formula is C21H33ClIN5O2. The van der Waals surface area contributed by atoms with Gasteiger partial charge in [-0.15, -0.1) is 24.0 Å². The zero-order valence-corrected chi connectivity index (χ0v) is 21.0. The van der Waals surface area contributed by atoms with Gasteiger partial charge in [-0.05, 0) is 31.9 Å². The van der Waals surface area contributed by atoms with Gasteiger partial charge in [0.1, 0.15) is 5.75 Å². The summed E-state index contributed by atoms with van der Waals surface area (Å²) in [5, 5.41) is 4.04. The van der Waals surface area contributed by atoms with E-state index in [-0.39, 0.29) is 29.9 Å². The van der Waals surface area contributed by atoms with Crippen LogP contribution in [0.3, 0.4) is 0 Å². The smallest absolute Gasteiger partial charge is 0.236 e. The Labute approximate surface area is 201 Å². The number of aliphatic imine (C=N–C) groups is 1. The van der Waals surface area contributed by atoms with E-state index in [1.807, 2.05) is 23.1 Å². The summed E-state index contributed by atoms with van der Waals surface area (Å²) in [6.07, 6.45) is 2.28. The van der Waals surface area contributed by atoms with Crippen molar-refractivity contribution < 1.29 is 9.53 Å². The van der Waals surface area contributed by atoms with E-state index in [0.717, 1.165) is 75.9 Å². The van der Waals surface area contributed by atoms with E-state index in [0.29, 0.717) is 18.1 Å². The summed E-state index contributed by atoms with van der Waals surface area (Å²) >= 11 is 6.05. The highest BCUT2D eigenvalue weighted by atomic mass is 127. The van der Waals surface area contributed by atoms with Crippen molar-refractivity contribution in [2.24, 2.45) is 4.99 Å². The van der Waals surface area contributed by atoms with Gasteiger partial charge in [0, 0.05) is 56.4 Å². The lowest BCUT2D eigenvalue weighted by Crippen LogP contribution is -2.54. The Balaban J connectivity index is 0.00000320. The molecular weight excluding hydrogens is 517 g/mol. The number of guanidine groups is 1. The number of methoxy groups -OCH3 is 1. The van der Waals surface area contributed by atoms with Gasteiger partial charge in [0.15, 0.2) is 5.96 Å². The van der Waals surface area contributed by atoms with E-state index < -0.39 is 0 Å². The molecule has 0 bridgehead atoms. The van der Waals surface area contributed by atoms with Crippen molar-refractivity contribution in [2.45, 2.75) is 26.3 Å². The number of nitrogens with zero attached hydrogens (tertiary/aromatic N) is 4. The SMILES string of the molecule is CCNC(=NCc1ccc(Cl)cc1OC)N1CCN(CC(=O)N2CCCC2)CC1.I. The normalized spacial score (nSPS) is 17.6. The second-order valence-corrected chi connectivity index (χ2v) is 7.91. The van der Waals surface area contributed by atoms with Gasteiger partial charge in [0.2, 0.25) is 5.91 Å². The van der Waals surface area contributed by atoms with Gasteiger partial charge >= 0.3 is 0 Å². The van der Waals surface area contributed by atoms with E-state index >= 15 is 0 Å². The number of carbonyl (C=O) groups excluding carboxylic acids is 1. The molecule has 2 saturated heterocycles. The maximum atomic E-state index is 12.4. The first-order chi connectivity index (χ1) is 14.1. The molecule has 2 fully saturated rings. The third-order valence-corrected chi connectivity index (χ3v) is 5.71. The molecule has 0 atom stereocenters. The molecule has 7 nitrogen and oxygen atoms in total. The van der Waals surface area contributed by atoms with Gasteiger partial charge in [0.05, 0.1) is 20.2 Å². The molecule has 1 amide bonds. The Kier molecular flexibility index (Phi) is 10.5. The maximum absolute atomic E-state index is 12.4. The zero-order chi connectivity index (χ0) is 20.6. The van der Waals surface area contributed by atoms with Crippen molar-refractivity contribution in [3.8, 4) is 5.75 Å². The molecule has 0 aromatic heterocycles. The van der Waals surface area contributed by atoms with Crippen LogP contribution in [0.5, 0.6) is 5.75 Å². The fraction of sp³-hybridized carbons (Fsp3) is 0.619. The first-order valence-corrected chi connectivity index (χ1v) is 10.8. The van der Waals surface area contributed by atoms with Crippen LogP contribution in [0, 0.1) is 0 Å². The number of ether oxygens (including phenoxy) is 1. The number of hydrogen-bond donors (Lipinski definition) is 1. The molecule has 0 radical (unpaired) electrons. The second kappa shape index (κ2) is 12.6. The third kappa shape index (κ3) is 6.88. The molecule has 168 valence electrons. The minimum Gasteiger partial charge on any atom is -0.496 e. The highest BCUT2D eigenvalue weighted by molar-refractivity contribution is 14.0. The van der Waals surface area contributed by atoms with Crippen molar-refractivity contribution in [2.75, 3.05) is 59.5 Å². The van der Waals surface area contributed by atoms with Crippen LogP contribution >= 0.6 is 35.6 Å². The number of halogens is 2. The van der Waals surface area contributed by atoms with Crippen molar-refractivity contribution in [1.29, 1.82) is 0 Å². The summed E-state index contributed by atoms with van der Waals surface area (Å²) < 4.78 is 5.43. The fourth-order valence-corrected chi connectivity index (χ4v) is 3.97. The van der Waals surface area contributed by atoms with Crippen LogP contribution in [0.1, 0.15) is 25.3 Å². The lowest BCUT2D eigenvalue weighted by molar-refractivity contribution is -0.131. The van der Waals surface area contributed by atoms with E-state index in [4.69, 9.17) is 21.3 Å². The van der Waals surface area contributed by atoms with Crippen LogP contribution in [0.15, 0.2) is 23.2 Å². The van der Waals surface area contributed by atoms with Crippen molar-refractivity contribution in [3.63, 3.8) is 0 Å². The minimum atomic E-state index is 0. The average molecular weight is 550 g/mol. The molecule has 0 spiro atoms. The standard InChI is InChI=1S/C21H32ClN5O2.HI/c1-3-23-21(24-15-17-6-7-18(22)14-19(17)29-2)27-12-10-25(11-13-27)16-20(28)26-8-4-5-9-26;/h6-7,14H,3-5,8-13,15-16H2,1-2H3,(H,23,24);1H. The van der Waals surface area contributed by atoms with Crippen molar-refractivity contribution in [1.82, 2.24) is 20.0 Å². The summed E-state index contributed by atoms with van der Waals surface area (Å²) in [5.41, 5.74) is 1.00. The van der Waals surface area contributed by atoms with Gasteiger partial charge in [-0.25, -0.2) is 4.99 Å². The Hall–Kier alpha value is -1.26. The minimum absolute atomic E-state index is 0. The topological polar surface area (TPSA) is 60.4 Å². The third-order valence-electron chi connectivity index (χ3n) is 5.47. The summed E-state index contributed by atoms with van der Waals surface area (Å²) in [5.74, 6) is 1.92. The van der Waals surface area contributed by atoms with Crippen molar-refractivity contribution in [3.05, 3.63) is 28.8 Å².